The van der Waals surface area contributed by atoms with Gasteiger partial charge in [-0.25, -0.2) is 0 Å². The van der Waals surface area contributed by atoms with E-state index in [4.69, 9.17) is 26.3 Å². The molecule has 5 nitrogen and oxygen atoms in total. The molecular formula is C19H19ClN2O3. The van der Waals surface area contributed by atoms with Crippen molar-refractivity contribution in [3.63, 3.8) is 0 Å². The average molecular weight is 359 g/mol. The molecule has 0 aromatic heterocycles. The van der Waals surface area contributed by atoms with Crippen molar-refractivity contribution in [3.05, 3.63) is 52.5 Å². The van der Waals surface area contributed by atoms with Gasteiger partial charge in [-0.3, -0.25) is 4.79 Å². The first-order chi connectivity index (χ1) is 12.1. The predicted molar refractivity (Wildman–Crippen MR) is 97.5 cm³/mol. The fourth-order valence-electron chi connectivity index (χ4n) is 2.14. The van der Waals surface area contributed by atoms with Crippen molar-refractivity contribution < 1.29 is 14.3 Å². The molecule has 0 bridgehead atoms. The minimum Gasteiger partial charge on any atom is -0.493 e. The van der Waals surface area contributed by atoms with Gasteiger partial charge in [0.25, 0.3) is 5.91 Å². The lowest BCUT2D eigenvalue weighted by molar-refractivity contribution is 0.102. The lowest BCUT2D eigenvalue weighted by Crippen LogP contribution is -2.12. The molecule has 0 fully saturated rings. The van der Waals surface area contributed by atoms with Gasteiger partial charge in [0.05, 0.1) is 24.3 Å². The fraction of sp³-hybridized carbons (Fsp3) is 0.263. The number of benzene rings is 2. The number of ether oxygens (including phenoxy) is 2. The van der Waals surface area contributed by atoms with Gasteiger partial charge in [0.15, 0.2) is 11.5 Å². The summed E-state index contributed by atoms with van der Waals surface area (Å²) < 4.78 is 11.0. The van der Waals surface area contributed by atoms with Crippen LogP contribution >= 0.6 is 11.6 Å². The molecule has 0 spiro atoms. The molecule has 1 N–H and O–H groups in total. The maximum Gasteiger partial charge on any atom is 0.255 e. The summed E-state index contributed by atoms with van der Waals surface area (Å²) in [5.74, 6) is 0.801. The molecule has 2 aromatic rings. The highest BCUT2D eigenvalue weighted by Crippen LogP contribution is 2.29. The Morgan fingerprint density at radius 1 is 1.24 bits per heavy atom. The maximum atomic E-state index is 12.4. The van der Waals surface area contributed by atoms with Crippen molar-refractivity contribution >= 4 is 23.2 Å². The molecule has 2 aromatic carbocycles. The van der Waals surface area contributed by atoms with Crippen LogP contribution < -0.4 is 14.8 Å². The van der Waals surface area contributed by atoms with Crippen molar-refractivity contribution in [1.29, 1.82) is 5.26 Å². The highest BCUT2D eigenvalue weighted by atomic mass is 35.5. The van der Waals surface area contributed by atoms with Crippen molar-refractivity contribution in [2.45, 2.75) is 19.8 Å². The van der Waals surface area contributed by atoms with Crippen LogP contribution in [0.15, 0.2) is 36.4 Å². The summed E-state index contributed by atoms with van der Waals surface area (Å²) >= 11 is 5.98. The molecule has 0 saturated heterocycles. The van der Waals surface area contributed by atoms with Crippen LogP contribution in [-0.4, -0.2) is 19.6 Å². The number of carbonyl (C=O) groups excluding carboxylic acids is 1. The fourth-order valence-corrected chi connectivity index (χ4v) is 2.36. The lowest BCUT2D eigenvalue weighted by atomic mass is 10.1. The summed E-state index contributed by atoms with van der Waals surface area (Å²) in [5.41, 5.74) is 1.30. The Kier molecular flexibility index (Phi) is 6.67. The summed E-state index contributed by atoms with van der Waals surface area (Å²) in [4.78, 5) is 12.4. The van der Waals surface area contributed by atoms with Gasteiger partial charge in [0, 0.05) is 11.3 Å². The third-order valence-corrected chi connectivity index (χ3v) is 3.84. The molecule has 6 heteroatoms. The van der Waals surface area contributed by atoms with Gasteiger partial charge >= 0.3 is 0 Å². The lowest BCUT2D eigenvalue weighted by Gasteiger charge is -2.12. The molecule has 0 unspecified atom stereocenters. The molecule has 0 aliphatic heterocycles. The quantitative estimate of drug-likeness (QED) is 0.731. The number of anilines is 1. The van der Waals surface area contributed by atoms with Gasteiger partial charge < -0.3 is 14.8 Å². The van der Waals surface area contributed by atoms with Gasteiger partial charge in [0.1, 0.15) is 6.07 Å². The zero-order chi connectivity index (χ0) is 18.2. The number of nitrogens with one attached hydrogen (secondary N) is 1. The minimum atomic E-state index is -0.306. The first kappa shape index (κ1) is 18.6. The Morgan fingerprint density at radius 3 is 2.68 bits per heavy atom. The van der Waals surface area contributed by atoms with Crippen LogP contribution in [0.4, 0.5) is 5.69 Å². The van der Waals surface area contributed by atoms with Gasteiger partial charge in [0.2, 0.25) is 0 Å². The summed E-state index contributed by atoms with van der Waals surface area (Å²) in [6.45, 7) is 2.69. The summed E-state index contributed by atoms with van der Waals surface area (Å²) in [7, 11) is 1.53. The van der Waals surface area contributed by atoms with Crippen LogP contribution in [0, 0.1) is 11.3 Å². The van der Waals surface area contributed by atoms with Crippen LogP contribution in [0.1, 0.15) is 35.7 Å². The van der Waals surface area contributed by atoms with Gasteiger partial charge in [-0.05, 0) is 42.8 Å². The van der Waals surface area contributed by atoms with E-state index >= 15 is 0 Å². The van der Waals surface area contributed by atoms with Crippen LogP contribution in [0.5, 0.6) is 11.5 Å². The van der Waals surface area contributed by atoms with E-state index in [0.717, 1.165) is 12.8 Å². The highest BCUT2D eigenvalue weighted by molar-refractivity contribution is 6.32. The van der Waals surface area contributed by atoms with Crippen molar-refractivity contribution in [3.8, 4) is 17.6 Å². The molecule has 0 radical (unpaired) electrons. The largest absolute Gasteiger partial charge is 0.493 e. The zero-order valence-electron chi connectivity index (χ0n) is 14.1. The van der Waals surface area contributed by atoms with Crippen LogP contribution in [0.2, 0.25) is 5.02 Å². The van der Waals surface area contributed by atoms with E-state index in [0.29, 0.717) is 34.9 Å². The first-order valence-corrected chi connectivity index (χ1v) is 8.28. The number of amides is 1. The van der Waals surface area contributed by atoms with E-state index in [1.807, 2.05) is 6.07 Å². The summed E-state index contributed by atoms with van der Waals surface area (Å²) in [6, 6.07) is 11.7. The zero-order valence-corrected chi connectivity index (χ0v) is 14.9. The second-order valence-electron chi connectivity index (χ2n) is 5.33. The normalized spacial score (nSPS) is 10.0. The van der Waals surface area contributed by atoms with Crippen molar-refractivity contribution in [2.24, 2.45) is 0 Å². The van der Waals surface area contributed by atoms with Gasteiger partial charge in [-0.1, -0.05) is 24.9 Å². The Bertz CT molecular complexity index is 800. The Labute approximate surface area is 152 Å². The summed E-state index contributed by atoms with van der Waals surface area (Å²) in [5, 5.41) is 11.9. The van der Waals surface area contributed by atoms with Crippen LogP contribution in [-0.2, 0) is 0 Å². The number of hydrogen-bond acceptors (Lipinski definition) is 4. The Balaban J connectivity index is 2.13. The monoisotopic (exact) mass is 358 g/mol. The van der Waals surface area contributed by atoms with Crippen LogP contribution in [0.25, 0.3) is 0 Å². The number of nitriles is 1. The van der Waals surface area contributed by atoms with E-state index in [9.17, 15) is 4.79 Å². The molecule has 0 saturated carbocycles. The standard InChI is InChI=1S/C19H19ClN2O3/c1-3-4-9-25-17-8-6-13(10-18(17)24-2)19(23)22-15-7-5-14(12-21)16(20)11-15/h5-8,10-11H,3-4,9H2,1-2H3,(H,22,23). The number of halogens is 1. The molecule has 0 aliphatic rings. The number of methoxy groups -OCH3 is 1. The number of unbranched alkanes of at least 4 members (excludes halogenated alkanes) is 1. The number of hydrogen-bond donors (Lipinski definition) is 1. The Morgan fingerprint density at radius 2 is 2.04 bits per heavy atom. The molecule has 25 heavy (non-hydrogen) atoms. The predicted octanol–water partition coefficient (Wildman–Crippen LogP) is 4.65. The second kappa shape index (κ2) is 8.95. The molecule has 2 rings (SSSR count). The SMILES string of the molecule is CCCCOc1ccc(C(=O)Nc2ccc(C#N)c(Cl)c2)cc1OC. The topological polar surface area (TPSA) is 71.3 Å². The molecule has 130 valence electrons. The average Bonchev–Trinajstić information content (AvgIpc) is 2.62. The molecule has 0 aliphatic carbocycles. The van der Waals surface area contributed by atoms with E-state index in [2.05, 4.69) is 12.2 Å². The van der Waals surface area contributed by atoms with E-state index in [-0.39, 0.29) is 10.9 Å². The van der Waals surface area contributed by atoms with E-state index in [1.165, 1.54) is 13.2 Å². The third kappa shape index (κ3) is 4.88. The molecule has 0 heterocycles. The Hall–Kier alpha value is -2.71. The van der Waals surface area contributed by atoms with E-state index in [1.54, 1.807) is 30.3 Å². The minimum absolute atomic E-state index is 0.289. The molecule has 1 amide bonds. The first-order valence-electron chi connectivity index (χ1n) is 7.91. The van der Waals surface area contributed by atoms with E-state index < -0.39 is 0 Å². The van der Waals surface area contributed by atoms with Gasteiger partial charge in [-0.2, -0.15) is 5.26 Å². The third-order valence-electron chi connectivity index (χ3n) is 3.53. The number of carbonyl (C=O) groups is 1. The van der Waals surface area contributed by atoms with Crippen LogP contribution in [0.3, 0.4) is 0 Å². The summed E-state index contributed by atoms with van der Waals surface area (Å²) in [6.07, 6.45) is 1.99. The maximum absolute atomic E-state index is 12.4. The van der Waals surface area contributed by atoms with Crippen molar-refractivity contribution in [1.82, 2.24) is 0 Å². The van der Waals surface area contributed by atoms with Crippen molar-refractivity contribution in [2.75, 3.05) is 19.0 Å². The molecule has 0 atom stereocenters. The second-order valence-corrected chi connectivity index (χ2v) is 5.74. The molecular weight excluding hydrogens is 340 g/mol. The number of nitrogens with zero attached hydrogens (tertiary/aromatic N) is 1. The number of rotatable bonds is 7. The van der Waals surface area contributed by atoms with Gasteiger partial charge in [-0.15, -0.1) is 0 Å². The highest BCUT2D eigenvalue weighted by Gasteiger charge is 2.12. The smallest absolute Gasteiger partial charge is 0.255 e.